The molecule has 4 heteroatoms. The Morgan fingerprint density at radius 3 is 2.89 bits per heavy atom. The Labute approximate surface area is 108 Å². The monoisotopic (exact) mass is 247 g/mol. The first-order chi connectivity index (χ1) is 8.70. The van der Waals surface area contributed by atoms with Crippen LogP contribution in [0.5, 0.6) is 0 Å². The number of nitrogens with zero attached hydrogens (tertiary/aromatic N) is 2. The molecule has 2 atom stereocenters. The molecule has 0 spiro atoms. The lowest BCUT2D eigenvalue weighted by Gasteiger charge is -2.10. The predicted molar refractivity (Wildman–Crippen MR) is 71.2 cm³/mol. The highest BCUT2D eigenvalue weighted by Gasteiger charge is 2.09. The second-order valence-electron chi connectivity index (χ2n) is 4.66. The van der Waals surface area contributed by atoms with Crippen LogP contribution < -0.4 is 5.32 Å². The molecule has 18 heavy (non-hydrogen) atoms. The first-order valence-corrected chi connectivity index (χ1v) is 6.51. The number of aromatic nitrogens is 2. The summed E-state index contributed by atoms with van der Waals surface area (Å²) in [5.74, 6) is 0.955. The van der Waals surface area contributed by atoms with Crippen LogP contribution >= 0.6 is 0 Å². The Hall–Kier alpha value is -1.55. The summed E-state index contributed by atoms with van der Waals surface area (Å²) in [6.45, 7) is 7.19. The van der Waals surface area contributed by atoms with Gasteiger partial charge in [0.25, 0.3) is 0 Å². The molecule has 4 nitrogen and oxygen atoms in total. The molecule has 0 radical (unpaired) electrons. The van der Waals surface area contributed by atoms with Gasteiger partial charge in [0.1, 0.15) is 5.76 Å². The van der Waals surface area contributed by atoms with E-state index in [0.717, 1.165) is 24.4 Å². The largest absolute Gasteiger partial charge is 0.468 e. The topological polar surface area (TPSA) is 43.0 Å². The van der Waals surface area contributed by atoms with Gasteiger partial charge in [-0.2, -0.15) is 5.10 Å². The molecule has 2 rings (SSSR count). The summed E-state index contributed by atoms with van der Waals surface area (Å²) in [4.78, 5) is 0. The molecule has 1 N–H and O–H groups in total. The Kier molecular flexibility index (Phi) is 4.20. The zero-order chi connectivity index (χ0) is 13.0. The highest BCUT2D eigenvalue weighted by molar-refractivity contribution is 5.05. The first kappa shape index (κ1) is 12.9. The molecule has 0 saturated heterocycles. The van der Waals surface area contributed by atoms with Gasteiger partial charge in [0, 0.05) is 18.8 Å². The van der Waals surface area contributed by atoms with Crippen molar-refractivity contribution in [2.24, 2.45) is 0 Å². The van der Waals surface area contributed by atoms with Gasteiger partial charge in [-0.1, -0.05) is 6.92 Å². The van der Waals surface area contributed by atoms with Gasteiger partial charge in [-0.3, -0.25) is 4.68 Å². The zero-order valence-electron chi connectivity index (χ0n) is 11.3. The summed E-state index contributed by atoms with van der Waals surface area (Å²) >= 11 is 0. The van der Waals surface area contributed by atoms with Crippen molar-refractivity contribution in [2.45, 2.75) is 45.8 Å². The van der Waals surface area contributed by atoms with Gasteiger partial charge in [0.15, 0.2) is 0 Å². The van der Waals surface area contributed by atoms with Crippen molar-refractivity contribution in [3.63, 3.8) is 0 Å². The van der Waals surface area contributed by atoms with E-state index in [1.807, 2.05) is 23.0 Å². The van der Waals surface area contributed by atoms with Crippen molar-refractivity contribution in [2.75, 3.05) is 0 Å². The molecule has 0 amide bonds. The van der Waals surface area contributed by atoms with E-state index in [1.165, 1.54) is 0 Å². The molecule has 2 unspecified atom stereocenters. The molecule has 0 aromatic carbocycles. The predicted octanol–water partition coefficient (Wildman–Crippen LogP) is 3.30. The standard InChI is InChI=1S/C14H21N3O/c1-4-11(2)17-8-7-13(16-17)10-15-12(3)14-6-5-9-18-14/h5-9,11-12,15H,4,10H2,1-3H3. The van der Waals surface area contributed by atoms with E-state index in [0.29, 0.717) is 6.04 Å². The van der Waals surface area contributed by atoms with Gasteiger partial charge in [-0.25, -0.2) is 0 Å². The molecule has 0 saturated carbocycles. The van der Waals surface area contributed by atoms with Crippen LogP contribution in [-0.4, -0.2) is 9.78 Å². The minimum atomic E-state index is 0.203. The van der Waals surface area contributed by atoms with Crippen LogP contribution in [0.2, 0.25) is 0 Å². The van der Waals surface area contributed by atoms with Crippen molar-refractivity contribution >= 4 is 0 Å². The van der Waals surface area contributed by atoms with Crippen LogP contribution in [0, 0.1) is 0 Å². The fraction of sp³-hybridized carbons (Fsp3) is 0.500. The minimum Gasteiger partial charge on any atom is -0.468 e. The summed E-state index contributed by atoms with van der Waals surface area (Å²) in [5, 5.41) is 7.96. The molecule has 0 aliphatic heterocycles. The summed E-state index contributed by atoms with van der Waals surface area (Å²) in [5.41, 5.74) is 1.06. The lowest BCUT2D eigenvalue weighted by Crippen LogP contribution is -2.18. The van der Waals surface area contributed by atoms with Crippen molar-refractivity contribution in [3.8, 4) is 0 Å². The number of hydrogen-bond donors (Lipinski definition) is 1. The molecule has 2 aromatic rings. The Morgan fingerprint density at radius 1 is 1.39 bits per heavy atom. The van der Waals surface area contributed by atoms with Gasteiger partial charge in [0.05, 0.1) is 18.0 Å². The molecule has 98 valence electrons. The lowest BCUT2D eigenvalue weighted by atomic mass is 10.2. The third-order valence-corrected chi connectivity index (χ3v) is 3.27. The molecule has 0 fully saturated rings. The van der Waals surface area contributed by atoms with Crippen molar-refractivity contribution in [1.82, 2.24) is 15.1 Å². The summed E-state index contributed by atoms with van der Waals surface area (Å²) in [7, 11) is 0. The number of nitrogens with one attached hydrogen (secondary N) is 1. The van der Waals surface area contributed by atoms with Crippen LogP contribution in [-0.2, 0) is 6.54 Å². The fourth-order valence-corrected chi connectivity index (χ4v) is 1.80. The molecule has 2 heterocycles. The van der Waals surface area contributed by atoms with Crippen LogP contribution in [0.15, 0.2) is 35.1 Å². The third kappa shape index (κ3) is 3.01. The van der Waals surface area contributed by atoms with E-state index in [-0.39, 0.29) is 6.04 Å². The van der Waals surface area contributed by atoms with Gasteiger partial charge in [-0.15, -0.1) is 0 Å². The molecule has 0 bridgehead atoms. The van der Waals surface area contributed by atoms with Gasteiger partial charge < -0.3 is 9.73 Å². The van der Waals surface area contributed by atoms with Crippen molar-refractivity contribution in [3.05, 3.63) is 42.1 Å². The highest BCUT2D eigenvalue weighted by Crippen LogP contribution is 2.13. The molecular weight excluding hydrogens is 226 g/mol. The average Bonchev–Trinajstić information content (AvgIpc) is 3.05. The molecular formula is C14H21N3O. The third-order valence-electron chi connectivity index (χ3n) is 3.27. The number of rotatable bonds is 6. The SMILES string of the molecule is CCC(C)n1ccc(CNC(C)c2ccco2)n1. The first-order valence-electron chi connectivity index (χ1n) is 6.51. The van der Waals surface area contributed by atoms with Gasteiger partial charge in [0.2, 0.25) is 0 Å². The number of furan rings is 1. The van der Waals surface area contributed by atoms with E-state index in [9.17, 15) is 0 Å². The zero-order valence-corrected chi connectivity index (χ0v) is 11.3. The van der Waals surface area contributed by atoms with Gasteiger partial charge in [-0.05, 0) is 38.5 Å². The average molecular weight is 247 g/mol. The van der Waals surface area contributed by atoms with E-state index in [1.54, 1.807) is 6.26 Å². The van der Waals surface area contributed by atoms with E-state index in [4.69, 9.17) is 4.42 Å². The van der Waals surface area contributed by atoms with E-state index < -0.39 is 0 Å². The number of hydrogen-bond acceptors (Lipinski definition) is 3. The fourth-order valence-electron chi connectivity index (χ4n) is 1.80. The Morgan fingerprint density at radius 2 is 2.22 bits per heavy atom. The van der Waals surface area contributed by atoms with E-state index in [2.05, 4.69) is 37.3 Å². The molecule has 0 aliphatic rings. The van der Waals surface area contributed by atoms with Crippen molar-refractivity contribution < 1.29 is 4.42 Å². The second kappa shape index (κ2) is 5.87. The minimum absolute atomic E-state index is 0.203. The van der Waals surface area contributed by atoms with Crippen LogP contribution in [0.25, 0.3) is 0 Å². The van der Waals surface area contributed by atoms with E-state index >= 15 is 0 Å². The summed E-state index contributed by atoms with van der Waals surface area (Å²) in [6.07, 6.45) is 4.84. The summed E-state index contributed by atoms with van der Waals surface area (Å²) < 4.78 is 7.38. The Balaban J connectivity index is 1.88. The summed E-state index contributed by atoms with van der Waals surface area (Å²) in [6, 6.07) is 6.62. The second-order valence-corrected chi connectivity index (χ2v) is 4.66. The lowest BCUT2D eigenvalue weighted by molar-refractivity contribution is 0.424. The van der Waals surface area contributed by atoms with Crippen LogP contribution in [0.3, 0.4) is 0 Å². The normalized spacial score (nSPS) is 14.6. The van der Waals surface area contributed by atoms with Crippen LogP contribution in [0.1, 0.15) is 50.7 Å². The quantitative estimate of drug-likeness (QED) is 0.851. The smallest absolute Gasteiger partial charge is 0.120 e. The maximum atomic E-state index is 5.36. The van der Waals surface area contributed by atoms with Gasteiger partial charge >= 0.3 is 0 Å². The van der Waals surface area contributed by atoms with Crippen LogP contribution in [0.4, 0.5) is 0 Å². The maximum Gasteiger partial charge on any atom is 0.120 e. The molecule has 2 aromatic heterocycles. The molecule has 0 aliphatic carbocycles. The Bertz CT molecular complexity index is 461. The highest BCUT2D eigenvalue weighted by atomic mass is 16.3. The van der Waals surface area contributed by atoms with Crippen molar-refractivity contribution in [1.29, 1.82) is 0 Å². The maximum absolute atomic E-state index is 5.36.